The summed E-state index contributed by atoms with van der Waals surface area (Å²) >= 11 is 6.19. The molecule has 3 saturated heterocycles. The standard InChI is InChI=1S/C26H39ClFN7O/c1-33(9-2-3-11-34-12-7-29-8-13-34)10-4-14-36-26-31-24-22(15-19(27)16-23(24)28)25(32-26)35-17-20-5-6-21(18-35)30-20/h15-16,20-21,29-30H,2-14,17-18H2,1H3/t20-,21+. The van der Waals surface area contributed by atoms with Crippen LogP contribution in [0.25, 0.3) is 10.9 Å². The van der Waals surface area contributed by atoms with E-state index >= 15 is 0 Å². The Morgan fingerprint density at radius 1 is 1.08 bits per heavy atom. The van der Waals surface area contributed by atoms with E-state index in [0.717, 1.165) is 64.3 Å². The Balaban J connectivity index is 1.14. The number of anilines is 1. The van der Waals surface area contributed by atoms with Crippen molar-refractivity contribution in [3.63, 3.8) is 0 Å². The topological polar surface area (TPSA) is 68.8 Å². The van der Waals surface area contributed by atoms with E-state index in [0.29, 0.717) is 29.1 Å². The zero-order valence-corrected chi connectivity index (χ0v) is 22.1. The van der Waals surface area contributed by atoms with Gasteiger partial charge in [0.05, 0.1) is 6.61 Å². The molecule has 3 aliphatic rings. The van der Waals surface area contributed by atoms with Gasteiger partial charge in [-0.1, -0.05) is 11.6 Å². The number of rotatable bonds is 11. The van der Waals surface area contributed by atoms with Crippen LogP contribution in [0.2, 0.25) is 5.02 Å². The molecule has 5 rings (SSSR count). The van der Waals surface area contributed by atoms with Crippen molar-refractivity contribution >= 4 is 28.3 Å². The maximum absolute atomic E-state index is 14.8. The molecule has 2 aromatic rings. The van der Waals surface area contributed by atoms with Crippen molar-refractivity contribution in [1.82, 2.24) is 30.4 Å². The minimum Gasteiger partial charge on any atom is -0.463 e. The van der Waals surface area contributed by atoms with Crippen LogP contribution in [0.3, 0.4) is 0 Å². The molecule has 2 atom stereocenters. The van der Waals surface area contributed by atoms with Crippen molar-refractivity contribution < 1.29 is 9.13 Å². The molecule has 0 saturated carbocycles. The van der Waals surface area contributed by atoms with E-state index in [2.05, 4.69) is 37.4 Å². The van der Waals surface area contributed by atoms with E-state index < -0.39 is 5.82 Å². The molecule has 0 spiro atoms. The van der Waals surface area contributed by atoms with Crippen molar-refractivity contribution in [2.24, 2.45) is 0 Å². The number of benzene rings is 1. The molecule has 3 aliphatic heterocycles. The SMILES string of the molecule is CN(CCCCN1CCNCC1)CCCOc1nc(N2C[C@H]3CC[C@@H](C2)N3)c2cc(Cl)cc(F)c2n1. The van der Waals surface area contributed by atoms with Gasteiger partial charge in [-0.25, -0.2) is 4.39 Å². The molecular weight excluding hydrogens is 481 g/mol. The second kappa shape index (κ2) is 12.2. The Kier molecular flexibility index (Phi) is 8.74. The van der Waals surface area contributed by atoms with Gasteiger partial charge in [-0.2, -0.15) is 9.97 Å². The maximum Gasteiger partial charge on any atom is 0.319 e. The normalized spacial score (nSPS) is 22.6. The number of fused-ring (bicyclic) bond motifs is 3. The average molecular weight is 520 g/mol. The van der Waals surface area contributed by atoms with E-state index in [1.165, 1.54) is 38.5 Å². The number of unbranched alkanes of at least 4 members (excludes halogenated alkanes) is 1. The van der Waals surface area contributed by atoms with E-state index in [1.54, 1.807) is 6.07 Å². The molecule has 3 fully saturated rings. The van der Waals surface area contributed by atoms with E-state index in [1.807, 2.05) is 0 Å². The zero-order valence-electron chi connectivity index (χ0n) is 21.3. The van der Waals surface area contributed by atoms with Crippen LogP contribution in [0.15, 0.2) is 12.1 Å². The number of hydrogen-bond acceptors (Lipinski definition) is 8. The third-order valence-corrected chi connectivity index (χ3v) is 7.80. The molecule has 1 aromatic heterocycles. The van der Waals surface area contributed by atoms with Crippen LogP contribution in [0, 0.1) is 5.82 Å². The van der Waals surface area contributed by atoms with Crippen molar-refractivity contribution in [3.8, 4) is 6.01 Å². The van der Waals surface area contributed by atoms with Crippen LogP contribution in [0.1, 0.15) is 32.1 Å². The third-order valence-electron chi connectivity index (χ3n) is 7.58. The second-order valence-corrected chi connectivity index (χ2v) is 10.9. The van der Waals surface area contributed by atoms with E-state index in [9.17, 15) is 4.39 Å². The molecule has 198 valence electrons. The summed E-state index contributed by atoms with van der Waals surface area (Å²) in [6.45, 7) is 9.95. The molecule has 0 unspecified atom stereocenters. The number of hydrogen-bond donors (Lipinski definition) is 2. The highest BCUT2D eigenvalue weighted by molar-refractivity contribution is 6.31. The molecule has 10 heteroatoms. The molecule has 8 nitrogen and oxygen atoms in total. The van der Waals surface area contributed by atoms with Gasteiger partial charge in [0.2, 0.25) is 0 Å². The summed E-state index contributed by atoms with van der Waals surface area (Å²) in [6, 6.07) is 4.19. The lowest BCUT2D eigenvalue weighted by Gasteiger charge is -2.34. The molecule has 4 heterocycles. The Hall–Kier alpha value is -1.78. The predicted molar refractivity (Wildman–Crippen MR) is 143 cm³/mol. The molecule has 0 aliphatic carbocycles. The van der Waals surface area contributed by atoms with Gasteiger partial charge < -0.3 is 30.1 Å². The Morgan fingerprint density at radius 2 is 1.83 bits per heavy atom. The van der Waals surface area contributed by atoms with Crippen LogP contribution in [-0.2, 0) is 0 Å². The number of nitrogens with zero attached hydrogens (tertiary/aromatic N) is 5. The van der Waals surface area contributed by atoms with Crippen LogP contribution >= 0.6 is 11.6 Å². The van der Waals surface area contributed by atoms with Crippen LogP contribution in [0.5, 0.6) is 6.01 Å². The lowest BCUT2D eigenvalue weighted by Crippen LogP contribution is -2.51. The first-order valence-electron chi connectivity index (χ1n) is 13.5. The summed E-state index contributed by atoms with van der Waals surface area (Å²) in [6.07, 6.45) is 5.62. The van der Waals surface area contributed by atoms with Gasteiger partial charge in [0.15, 0.2) is 5.82 Å². The Labute approximate surface area is 218 Å². The van der Waals surface area contributed by atoms with Gasteiger partial charge in [-0.05, 0) is 64.4 Å². The Bertz CT molecular complexity index is 1010. The number of halogens is 2. The van der Waals surface area contributed by atoms with Gasteiger partial charge in [-0.15, -0.1) is 0 Å². The summed E-state index contributed by atoms with van der Waals surface area (Å²) in [5, 5.41) is 8.04. The summed E-state index contributed by atoms with van der Waals surface area (Å²) in [5.74, 6) is 0.279. The van der Waals surface area contributed by atoms with E-state index in [-0.39, 0.29) is 11.5 Å². The van der Waals surface area contributed by atoms with Crippen LogP contribution in [0.4, 0.5) is 10.2 Å². The van der Waals surface area contributed by atoms with Gasteiger partial charge >= 0.3 is 6.01 Å². The highest BCUT2D eigenvalue weighted by Crippen LogP contribution is 2.33. The lowest BCUT2D eigenvalue weighted by molar-refractivity contribution is 0.224. The highest BCUT2D eigenvalue weighted by atomic mass is 35.5. The fourth-order valence-corrected chi connectivity index (χ4v) is 5.86. The quantitative estimate of drug-likeness (QED) is 0.439. The van der Waals surface area contributed by atoms with Crippen molar-refractivity contribution in [2.45, 2.75) is 44.2 Å². The number of piperazine rings is 2. The summed E-state index contributed by atoms with van der Waals surface area (Å²) in [5.41, 5.74) is 0.270. The summed E-state index contributed by atoms with van der Waals surface area (Å²) in [4.78, 5) is 16.3. The first-order chi connectivity index (χ1) is 17.5. The maximum atomic E-state index is 14.8. The first kappa shape index (κ1) is 25.9. The van der Waals surface area contributed by atoms with Crippen molar-refractivity contribution in [2.75, 3.05) is 77.5 Å². The van der Waals surface area contributed by atoms with Gasteiger partial charge in [-0.3, -0.25) is 0 Å². The largest absolute Gasteiger partial charge is 0.463 e. The summed E-state index contributed by atoms with van der Waals surface area (Å²) in [7, 11) is 2.16. The predicted octanol–water partition coefficient (Wildman–Crippen LogP) is 2.75. The number of ether oxygens (including phenoxy) is 1. The molecule has 2 N–H and O–H groups in total. The molecule has 1 aromatic carbocycles. The minimum absolute atomic E-state index is 0.239. The smallest absolute Gasteiger partial charge is 0.319 e. The fourth-order valence-electron chi connectivity index (χ4n) is 5.66. The monoisotopic (exact) mass is 519 g/mol. The fraction of sp³-hybridized carbons (Fsp3) is 0.692. The molecule has 0 amide bonds. The third kappa shape index (κ3) is 6.55. The first-order valence-corrected chi connectivity index (χ1v) is 13.8. The van der Waals surface area contributed by atoms with Crippen LogP contribution < -0.4 is 20.3 Å². The molecule has 0 radical (unpaired) electrons. The molecule has 36 heavy (non-hydrogen) atoms. The van der Waals surface area contributed by atoms with E-state index in [4.69, 9.17) is 21.3 Å². The Morgan fingerprint density at radius 3 is 2.61 bits per heavy atom. The number of nitrogens with one attached hydrogen (secondary N) is 2. The average Bonchev–Trinajstić information content (AvgIpc) is 3.22. The number of aromatic nitrogens is 2. The molecular formula is C26H39ClFN7O. The summed E-state index contributed by atoms with van der Waals surface area (Å²) < 4.78 is 20.8. The minimum atomic E-state index is -0.440. The zero-order chi connectivity index (χ0) is 24.9. The molecule has 2 bridgehead atoms. The lowest BCUT2D eigenvalue weighted by atomic mass is 10.1. The van der Waals surface area contributed by atoms with Gasteiger partial charge in [0, 0.05) is 68.3 Å². The highest BCUT2D eigenvalue weighted by Gasteiger charge is 2.34. The van der Waals surface area contributed by atoms with Gasteiger partial charge in [0.25, 0.3) is 0 Å². The van der Waals surface area contributed by atoms with Gasteiger partial charge in [0.1, 0.15) is 11.3 Å². The van der Waals surface area contributed by atoms with Crippen molar-refractivity contribution in [1.29, 1.82) is 0 Å². The second-order valence-electron chi connectivity index (χ2n) is 10.5. The van der Waals surface area contributed by atoms with Crippen LogP contribution in [-0.4, -0.2) is 104 Å². The van der Waals surface area contributed by atoms with Crippen molar-refractivity contribution in [3.05, 3.63) is 23.0 Å².